The van der Waals surface area contributed by atoms with Gasteiger partial charge in [-0.25, -0.2) is 4.79 Å². The van der Waals surface area contributed by atoms with Crippen LogP contribution in [0.2, 0.25) is 0 Å². The molecule has 1 aliphatic rings. The molecule has 1 aliphatic carbocycles. The van der Waals surface area contributed by atoms with Crippen molar-refractivity contribution < 1.29 is 14.7 Å². The molecule has 0 heterocycles. The quantitative estimate of drug-likeness (QED) is 0.809. The average molecular weight is 290 g/mol. The maximum atomic E-state index is 12.3. The molecule has 0 bridgehead atoms. The van der Waals surface area contributed by atoms with Crippen molar-refractivity contribution in [1.29, 1.82) is 0 Å². The molecule has 1 atom stereocenters. The molecule has 1 aromatic carbocycles. The number of carboxylic acids is 1. The Labute approximate surface area is 125 Å². The second kappa shape index (κ2) is 7.11. The van der Waals surface area contributed by atoms with Gasteiger partial charge in [0, 0.05) is 18.6 Å². The van der Waals surface area contributed by atoms with Crippen molar-refractivity contribution in [2.75, 3.05) is 6.54 Å². The number of benzene rings is 1. The van der Waals surface area contributed by atoms with Crippen LogP contribution in [-0.4, -0.2) is 40.6 Å². The highest BCUT2D eigenvalue weighted by Gasteiger charge is 2.33. The van der Waals surface area contributed by atoms with E-state index < -0.39 is 5.97 Å². The summed E-state index contributed by atoms with van der Waals surface area (Å²) in [6, 6.07) is 10.1. The number of carboxylic acid groups (broad SMARTS) is 1. The molecule has 5 heteroatoms. The summed E-state index contributed by atoms with van der Waals surface area (Å²) < 4.78 is 0. The Kier molecular flexibility index (Phi) is 5.20. The Balaban J connectivity index is 1.84. The van der Waals surface area contributed by atoms with Gasteiger partial charge in [0.15, 0.2) is 0 Å². The standard InChI is InChI=1S/C16H22N2O3/c1-12(11-13-5-3-2-4-6-13)17-16(21)18(14-7-8-14)10-9-15(19)20/h2-6,12,14H,7-11H2,1H3,(H,17,21)(H,19,20). The second-order valence-corrected chi connectivity index (χ2v) is 5.61. The Morgan fingerprint density at radius 3 is 2.57 bits per heavy atom. The molecule has 5 nitrogen and oxygen atoms in total. The van der Waals surface area contributed by atoms with Crippen molar-refractivity contribution in [3.8, 4) is 0 Å². The van der Waals surface area contributed by atoms with Crippen LogP contribution in [0.15, 0.2) is 30.3 Å². The van der Waals surface area contributed by atoms with Crippen LogP contribution < -0.4 is 5.32 Å². The minimum absolute atomic E-state index is 0.00299. The molecule has 0 aromatic heterocycles. The number of carbonyl (C=O) groups is 2. The molecule has 114 valence electrons. The van der Waals surface area contributed by atoms with E-state index in [1.54, 1.807) is 4.90 Å². The van der Waals surface area contributed by atoms with Crippen LogP contribution in [0, 0.1) is 0 Å². The number of hydrogen-bond acceptors (Lipinski definition) is 2. The lowest BCUT2D eigenvalue weighted by atomic mass is 10.1. The summed E-state index contributed by atoms with van der Waals surface area (Å²) in [6.07, 6.45) is 2.71. The zero-order valence-corrected chi connectivity index (χ0v) is 12.3. The van der Waals surface area contributed by atoms with E-state index in [2.05, 4.69) is 5.32 Å². The zero-order chi connectivity index (χ0) is 15.2. The summed E-state index contributed by atoms with van der Waals surface area (Å²) in [4.78, 5) is 24.6. The van der Waals surface area contributed by atoms with E-state index in [0.717, 1.165) is 19.3 Å². The first-order chi connectivity index (χ1) is 10.1. The van der Waals surface area contributed by atoms with Crippen LogP contribution in [0.3, 0.4) is 0 Å². The molecule has 0 saturated heterocycles. The van der Waals surface area contributed by atoms with Crippen LogP contribution >= 0.6 is 0 Å². The number of amides is 2. The molecule has 1 aromatic rings. The number of carbonyl (C=O) groups excluding carboxylic acids is 1. The van der Waals surface area contributed by atoms with Gasteiger partial charge < -0.3 is 15.3 Å². The lowest BCUT2D eigenvalue weighted by Gasteiger charge is -2.24. The van der Waals surface area contributed by atoms with Gasteiger partial charge in [0.25, 0.3) is 0 Å². The number of hydrogen-bond donors (Lipinski definition) is 2. The summed E-state index contributed by atoms with van der Waals surface area (Å²) in [6.45, 7) is 2.25. The summed E-state index contributed by atoms with van der Waals surface area (Å²) in [7, 11) is 0. The van der Waals surface area contributed by atoms with E-state index in [4.69, 9.17) is 5.11 Å². The fraction of sp³-hybridized carbons (Fsp3) is 0.500. The summed E-state index contributed by atoms with van der Waals surface area (Å²) in [5.41, 5.74) is 1.17. The van der Waals surface area contributed by atoms with E-state index in [1.807, 2.05) is 37.3 Å². The first-order valence-electron chi connectivity index (χ1n) is 7.39. The number of aliphatic carboxylic acids is 1. The molecular formula is C16H22N2O3. The zero-order valence-electron chi connectivity index (χ0n) is 12.3. The maximum Gasteiger partial charge on any atom is 0.317 e. The highest BCUT2D eigenvalue weighted by atomic mass is 16.4. The van der Waals surface area contributed by atoms with Crippen LogP contribution in [0.1, 0.15) is 31.7 Å². The Morgan fingerprint density at radius 1 is 1.33 bits per heavy atom. The lowest BCUT2D eigenvalue weighted by molar-refractivity contribution is -0.137. The van der Waals surface area contributed by atoms with Crippen molar-refractivity contribution in [2.45, 2.75) is 44.7 Å². The van der Waals surface area contributed by atoms with Crippen LogP contribution in [0.25, 0.3) is 0 Å². The van der Waals surface area contributed by atoms with E-state index in [-0.39, 0.29) is 31.1 Å². The highest BCUT2D eigenvalue weighted by molar-refractivity contribution is 5.76. The Hall–Kier alpha value is -2.04. The smallest absolute Gasteiger partial charge is 0.317 e. The fourth-order valence-corrected chi connectivity index (χ4v) is 2.36. The van der Waals surface area contributed by atoms with Crippen molar-refractivity contribution in [3.63, 3.8) is 0 Å². The van der Waals surface area contributed by atoms with Crippen LogP contribution in [0.5, 0.6) is 0 Å². The molecular weight excluding hydrogens is 268 g/mol. The Bertz CT molecular complexity index is 486. The monoisotopic (exact) mass is 290 g/mol. The van der Waals surface area contributed by atoms with Gasteiger partial charge in [-0.1, -0.05) is 30.3 Å². The van der Waals surface area contributed by atoms with Gasteiger partial charge in [0.1, 0.15) is 0 Å². The van der Waals surface area contributed by atoms with E-state index in [9.17, 15) is 9.59 Å². The molecule has 2 rings (SSSR count). The van der Waals surface area contributed by atoms with E-state index in [0.29, 0.717) is 0 Å². The predicted molar refractivity (Wildman–Crippen MR) is 80.1 cm³/mol. The first-order valence-corrected chi connectivity index (χ1v) is 7.39. The van der Waals surface area contributed by atoms with Crippen molar-refractivity contribution in [3.05, 3.63) is 35.9 Å². The molecule has 0 spiro atoms. The van der Waals surface area contributed by atoms with Gasteiger partial charge in [-0.2, -0.15) is 0 Å². The maximum absolute atomic E-state index is 12.3. The topological polar surface area (TPSA) is 69.6 Å². The average Bonchev–Trinajstić information content (AvgIpc) is 3.24. The number of nitrogens with zero attached hydrogens (tertiary/aromatic N) is 1. The third-order valence-electron chi connectivity index (χ3n) is 3.57. The van der Waals surface area contributed by atoms with Gasteiger partial charge in [-0.3, -0.25) is 4.79 Å². The molecule has 2 N–H and O–H groups in total. The first kappa shape index (κ1) is 15.4. The van der Waals surface area contributed by atoms with Crippen LogP contribution in [-0.2, 0) is 11.2 Å². The molecule has 1 saturated carbocycles. The number of rotatable bonds is 7. The molecule has 0 aliphatic heterocycles. The van der Waals surface area contributed by atoms with Gasteiger partial charge >= 0.3 is 12.0 Å². The summed E-state index contributed by atoms with van der Waals surface area (Å²) in [5.74, 6) is -0.870. The predicted octanol–water partition coefficient (Wildman–Crippen LogP) is 2.27. The third-order valence-corrected chi connectivity index (χ3v) is 3.57. The third kappa shape index (κ3) is 5.10. The normalized spacial score (nSPS) is 15.3. The molecule has 21 heavy (non-hydrogen) atoms. The summed E-state index contributed by atoms with van der Waals surface area (Å²) in [5, 5.41) is 11.7. The van der Waals surface area contributed by atoms with Crippen molar-refractivity contribution in [2.24, 2.45) is 0 Å². The molecule has 0 radical (unpaired) electrons. The fourth-order valence-electron chi connectivity index (χ4n) is 2.36. The van der Waals surface area contributed by atoms with E-state index >= 15 is 0 Å². The SMILES string of the molecule is CC(Cc1ccccc1)NC(=O)N(CCC(=O)O)C1CC1. The highest BCUT2D eigenvalue weighted by Crippen LogP contribution is 2.27. The molecule has 1 unspecified atom stereocenters. The lowest BCUT2D eigenvalue weighted by Crippen LogP contribution is -2.46. The number of nitrogens with one attached hydrogen (secondary N) is 1. The molecule has 1 fully saturated rings. The van der Waals surface area contributed by atoms with Crippen molar-refractivity contribution >= 4 is 12.0 Å². The second-order valence-electron chi connectivity index (χ2n) is 5.61. The van der Waals surface area contributed by atoms with Gasteiger partial charge in [0.05, 0.1) is 6.42 Å². The summed E-state index contributed by atoms with van der Waals surface area (Å²) >= 11 is 0. The van der Waals surface area contributed by atoms with E-state index in [1.165, 1.54) is 5.56 Å². The minimum atomic E-state index is -0.870. The minimum Gasteiger partial charge on any atom is -0.481 e. The largest absolute Gasteiger partial charge is 0.481 e. The van der Waals surface area contributed by atoms with Crippen molar-refractivity contribution in [1.82, 2.24) is 10.2 Å². The van der Waals surface area contributed by atoms with Crippen LogP contribution in [0.4, 0.5) is 4.79 Å². The molecule has 2 amide bonds. The Morgan fingerprint density at radius 2 is 2.00 bits per heavy atom. The number of urea groups is 1. The van der Waals surface area contributed by atoms with Gasteiger partial charge in [-0.05, 0) is 31.7 Å². The van der Waals surface area contributed by atoms with Gasteiger partial charge in [0.2, 0.25) is 0 Å². The van der Waals surface area contributed by atoms with Gasteiger partial charge in [-0.15, -0.1) is 0 Å².